The molecular weight excluding hydrogens is 476 g/mol. The quantitative estimate of drug-likeness (QED) is 0.350. The van der Waals surface area contributed by atoms with E-state index >= 15 is 0 Å². The molecule has 2 heterocycles. The van der Waals surface area contributed by atoms with Gasteiger partial charge in [-0.05, 0) is 19.3 Å². The number of benzene rings is 2. The van der Waals surface area contributed by atoms with Crippen LogP contribution in [0.1, 0.15) is 17.7 Å². The summed E-state index contributed by atoms with van der Waals surface area (Å²) >= 11 is 0. The van der Waals surface area contributed by atoms with Gasteiger partial charge in [-0.1, -0.05) is 30.3 Å². The fourth-order valence-electron chi connectivity index (χ4n) is 4.34. The molecule has 2 aromatic heterocycles. The number of rotatable bonds is 7. The normalized spacial score (nSPS) is 12.1. The number of carbonyl (C=O) groups is 1. The highest BCUT2D eigenvalue weighted by Gasteiger charge is 2.21. The molecule has 0 aliphatic heterocycles. The minimum Gasteiger partial charge on any atom is -0.493 e. The van der Waals surface area contributed by atoms with Gasteiger partial charge in [-0.15, -0.1) is 0 Å². The minimum absolute atomic E-state index is 0.193. The Morgan fingerprint density at radius 3 is 2.38 bits per heavy atom. The number of aromatic nitrogens is 4. The number of amides is 2. The molecule has 0 unspecified atom stereocenters. The van der Waals surface area contributed by atoms with Gasteiger partial charge in [-0.2, -0.15) is 9.78 Å². The van der Waals surface area contributed by atoms with Gasteiger partial charge in [-0.25, -0.2) is 9.78 Å². The van der Waals surface area contributed by atoms with Crippen molar-refractivity contribution in [3.8, 4) is 34.5 Å². The van der Waals surface area contributed by atoms with Crippen molar-refractivity contribution in [2.24, 2.45) is 0 Å². The molecule has 0 bridgehead atoms. The molecule has 11 heteroatoms. The van der Waals surface area contributed by atoms with Crippen LogP contribution < -0.4 is 30.4 Å². The van der Waals surface area contributed by atoms with Crippen LogP contribution in [-0.2, 0) is 12.8 Å². The second-order valence-corrected chi connectivity index (χ2v) is 8.35. The number of carbonyl (C=O) groups excluding carboxylic acids is 1. The van der Waals surface area contributed by atoms with Gasteiger partial charge in [0.25, 0.3) is 5.56 Å². The monoisotopic (exact) mass is 502 g/mol. The molecule has 2 aromatic carbocycles. The standard InChI is InChI=1S/C26H26N6O5/c1-35-20-12-16(13-21(36-2)23(20)37-3)27-26(34)29-22-14-19(15-8-5-4-6-9-15)31-32(22)25-28-18-11-7-10-17(18)24(33)30-25/h4-6,8-9,12-14H,7,10-11H2,1-3H3,(H2,27,29,34)(H,28,30,33). The highest BCUT2D eigenvalue weighted by molar-refractivity contribution is 6.00. The van der Waals surface area contributed by atoms with Crippen molar-refractivity contribution >= 4 is 17.5 Å². The first-order valence-electron chi connectivity index (χ1n) is 11.7. The summed E-state index contributed by atoms with van der Waals surface area (Å²) in [7, 11) is 4.49. The lowest BCUT2D eigenvalue weighted by Crippen LogP contribution is -2.23. The van der Waals surface area contributed by atoms with Crippen LogP contribution >= 0.6 is 0 Å². The van der Waals surface area contributed by atoms with E-state index < -0.39 is 6.03 Å². The number of hydrogen-bond acceptors (Lipinski definition) is 7. The Hall–Kier alpha value is -4.80. The fourth-order valence-corrected chi connectivity index (χ4v) is 4.34. The number of aryl methyl sites for hydroxylation is 1. The van der Waals surface area contributed by atoms with Gasteiger partial charge >= 0.3 is 6.03 Å². The number of fused-ring (bicyclic) bond motifs is 1. The van der Waals surface area contributed by atoms with Crippen LogP contribution in [0.4, 0.5) is 16.3 Å². The Morgan fingerprint density at radius 1 is 0.973 bits per heavy atom. The zero-order chi connectivity index (χ0) is 25.9. The molecule has 3 N–H and O–H groups in total. The van der Waals surface area contributed by atoms with Crippen molar-refractivity contribution in [2.45, 2.75) is 19.3 Å². The Balaban J connectivity index is 1.49. The van der Waals surface area contributed by atoms with E-state index in [0.717, 1.165) is 24.1 Å². The fraction of sp³-hybridized carbons (Fsp3) is 0.231. The number of nitrogens with zero attached hydrogens (tertiary/aromatic N) is 3. The van der Waals surface area contributed by atoms with Crippen molar-refractivity contribution < 1.29 is 19.0 Å². The summed E-state index contributed by atoms with van der Waals surface area (Å²) in [6.07, 6.45) is 2.31. The summed E-state index contributed by atoms with van der Waals surface area (Å²) in [6.45, 7) is 0. The predicted molar refractivity (Wildman–Crippen MR) is 138 cm³/mol. The average Bonchev–Trinajstić information content (AvgIpc) is 3.56. The Kier molecular flexibility index (Phi) is 6.50. The SMILES string of the molecule is COc1cc(NC(=O)Nc2cc(-c3ccccc3)nn2-c2nc3c(c(=O)[nH]2)CCC3)cc(OC)c1OC. The van der Waals surface area contributed by atoms with Crippen molar-refractivity contribution in [1.29, 1.82) is 0 Å². The van der Waals surface area contributed by atoms with Crippen LogP contribution in [0.15, 0.2) is 53.3 Å². The summed E-state index contributed by atoms with van der Waals surface area (Å²) in [5, 5.41) is 10.2. The third-order valence-corrected chi connectivity index (χ3v) is 6.07. The van der Waals surface area contributed by atoms with Crippen LogP contribution in [0.3, 0.4) is 0 Å². The molecule has 11 nitrogen and oxygen atoms in total. The molecule has 1 aliphatic carbocycles. The van der Waals surface area contributed by atoms with E-state index in [2.05, 4.69) is 25.7 Å². The number of nitrogens with one attached hydrogen (secondary N) is 3. The third-order valence-electron chi connectivity index (χ3n) is 6.07. The van der Waals surface area contributed by atoms with Crippen LogP contribution in [0.25, 0.3) is 17.2 Å². The second kappa shape index (κ2) is 10.1. The van der Waals surface area contributed by atoms with Gasteiger partial charge in [0, 0.05) is 29.3 Å². The smallest absolute Gasteiger partial charge is 0.324 e. The van der Waals surface area contributed by atoms with Crippen LogP contribution in [-0.4, -0.2) is 47.1 Å². The average molecular weight is 503 g/mol. The molecule has 0 spiro atoms. The molecule has 2 amide bonds. The molecule has 0 fully saturated rings. The number of H-pyrrole nitrogens is 1. The number of urea groups is 1. The largest absolute Gasteiger partial charge is 0.493 e. The van der Waals surface area contributed by atoms with Gasteiger partial charge in [0.1, 0.15) is 5.82 Å². The third kappa shape index (κ3) is 4.70. The lowest BCUT2D eigenvalue weighted by atomic mass is 10.2. The molecule has 37 heavy (non-hydrogen) atoms. The van der Waals surface area contributed by atoms with Crippen LogP contribution in [0, 0.1) is 0 Å². The number of ether oxygens (including phenoxy) is 3. The molecule has 0 radical (unpaired) electrons. The Bertz CT molecular complexity index is 1490. The minimum atomic E-state index is -0.543. The van der Waals surface area contributed by atoms with E-state index in [1.165, 1.54) is 26.0 Å². The zero-order valence-electron chi connectivity index (χ0n) is 20.6. The zero-order valence-corrected chi connectivity index (χ0v) is 20.6. The highest BCUT2D eigenvalue weighted by atomic mass is 16.5. The Morgan fingerprint density at radius 2 is 1.70 bits per heavy atom. The summed E-state index contributed by atoms with van der Waals surface area (Å²) in [5.74, 6) is 1.76. The topological polar surface area (TPSA) is 132 Å². The van der Waals surface area contributed by atoms with E-state index in [-0.39, 0.29) is 11.5 Å². The van der Waals surface area contributed by atoms with Crippen LogP contribution in [0.2, 0.25) is 0 Å². The van der Waals surface area contributed by atoms with Crippen molar-refractivity contribution in [1.82, 2.24) is 19.7 Å². The van der Waals surface area contributed by atoms with E-state index in [1.807, 2.05) is 30.3 Å². The van der Waals surface area contributed by atoms with Crippen molar-refractivity contribution in [3.63, 3.8) is 0 Å². The van der Waals surface area contributed by atoms with E-state index in [0.29, 0.717) is 46.4 Å². The summed E-state index contributed by atoms with van der Waals surface area (Å²) in [6, 6.07) is 13.9. The Labute approximate surface area is 212 Å². The molecule has 0 atom stereocenters. The molecule has 0 saturated heterocycles. The van der Waals surface area contributed by atoms with Gasteiger partial charge in [-0.3, -0.25) is 15.1 Å². The van der Waals surface area contributed by atoms with E-state index in [1.54, 1.807) is 18.2 Å². The lowest BCUT2D eigenvalue weighted by molar-refractivity contribution is 0.262. The number of methoxy groups -OCH3 is 3. The lowest BCUT2D eigenvalue weighted by Gasteiger charge is -2.15. The first-order chi connectivity index (χ1) is 18.0. The van der Waals surface area contributed by atoms with Gasteiger partial charge in [0.2, 0.25) is 11.7 Å². The van der Waals surface area contributed by atoms with E-state index in [9.17, 15) is 9.59 Å². The van der Waals surface area contributed by atoms with Crippen molar-refractivity contribution in [2.75, 3.05) is 32.0 Å². The molecule has 1 aliphatic rings. The molecule has 0 saturated carbocycles. The predicted octanol–water partition coefficient (Wildman–Crippen LogP) is 3.78. The molecule has 4 aromatic rings. The summed E-state index contributed by atoms with van der Waals surface area (Å²) < 4.78 is 17.5. The first-order valence-corrected chi connectivity index (χ1v) is 11.7. The molecule has 5 rings (SSSR count). The first kappa shape index (κ1) is 23.9. The van der Waals surface area contributed by atoms with Crippen LogP contribution in [0.5, 0.6) is 17.2 Å². The van der Waals surface area contributed by atoms with E-state index in [4.69, 9.17) is 14.2 Å². The number of hydrogen-bond donors (Lipinski definition) is 3. The maximum Gasteiger partial charge on any atom is 0.324 e. The van der Waals surface area contributed by atoms with Crippen molar-refractivity contribution in [3.05, 3.63) is 70.1 Å². The second-order valence-electron chi connectivity index (χ2n) is 8.35. The summed E-state index contributed by atoms with van der Waals surface area (Å²) in [4.78, 5) is 33.2. The number of anilines is 2. The molecular formula is C26H26N6O5. The summed E-state index contributed by atoms with van der Waals surface area (Å²) in [5.41, 5.74) is 3.13. The van der Waals surface area contributed by atoms with Gasteiger partial charge < -0.3 is 19.5 Å². The molecule has 190 valence electrons. The van der Waals surface area contributed by atoms with Gasteiger partial charge in [0.15, 0.2) is 11.5 Å². The van der Waals surface area contributed by atoms with Gasteiger partial charge in [0.05, 0.1) is 38.4 Å². The number of aromatic amines is 1. The maximum atomic E-state index is 13.1. The highest BCUT2D eigenvalue weighted by Crippen LogP contribution is 2.40. The maximum absolute atomic E-state index is 13.1.